The Balaban J connectivity index is 2.26. The van der Waals surface area contributed by atoms with Gasteiger partial charge in [-0.15, -0.1) is 5.10 Å². The zero-order valence-corrected chi connectivity index (χ0v) is 9.51. The standard InChI is InChI=1S/C10H6ClF3N3O/c11-7-2-1-3-15-8(7)6-4-16-17-9(6)18-5-10(12,13)14/h1-3H,5H2,(H,16,17). The quantitative estimate of drug-likeness (QED) is 0.938. The SMILES string of the molecule is FC(F)(F)COc1n[nH][c]c1-c1ncccc1Cl. The normalized spacial score (nSPS) is 11.6. The van der Waals surface area contributed by atoms with E-state index in [-0.39, 0.29) is 22.2 Å². The molecule has 95 valence electrons. The largest absolute Gasteiger partial charge is 0.466 e. The highest BCUT2D eigenvalue weighted by atomic mass is 35.5. The average molecular weight is 277 g/mol. The molecule has 2 heterocycles. The highest BCUT2D eigenvalue weighted by molar-refractivity contribution is 6.33. The molecule has 0 fully saturated rings. The minimum absolute atomic E-state index is 0.157. The molecule has 2 aromatic heterocycles. The van der Waals surface area contributed by atoms with Crippen LogP contribution in [0.4, 0.5) is 13.2 Å². The number of nitrogens with one attached hydrogen (secondary N) is 1. The molecule has 0 aromatic carbocycles. The van der Waals surface area contributed by atoms with Gasteiger partial charge in [-0.1, -0.05) is 11.6 Å². The summed E-state index contributed by atoms with van der Waals surface area (Å²) >= 11 is 5.88. The van der Waals surface area contributed by atoms with E-state index in [0.717, 1.165) is 0 Å². The van der Waals surface area contributed by atoms with Crippen molar-refractivity contribution in [2.24, 2.45) is 0 Å². The number of H-pyrrole nitrogens is 1. The summed E-state index contributed by atoms with van der Waals surface area (Å²) < 4.78 is 40.7. The summed E-state index contributed by atoms with van der Waals surface area (Å²) in [6.07, 6.45) is -0.463. The number of aromatic nitrogens is 3. The Morgan fingerprint density at radius 2 is 2.22 bits per heavy atom. The lowest BCUT2D eigenvalue weighted by molar-refractivity contribution is -0.154. The molecule has 0 aliphatic heterocycles. The fraction of sp³-hybridized carbons (Fsp3) is 0.200. The Morgan fingerprint density at radius 1 is 1.44 bits per heavy atom. The fourth-order valence-corrected chi connectivity index (χ4v) is 1.44. The summed E-state index contributed by atoms with van der Waals surface area (Å²) in [5.41, 5.74) is 0.412. The zero-order valence-electron chi connectivity index (χ0n) is 8.75. The number of ether oxygens (including phenoxy) is 1. The molecule has 4 nitrogen and oxygen atoms in total. The Labute approximate surface area is 105 Å². The van der Waals surface area contributed by atoms with E-state index in [1.807, 2.05) is 0 Å². The number of halogens is 4. The van der Waals surface area contributed by atoms with Gasteiger partial charge in [0.15, 0.2) is 6.61 Å². The van der Waals surface area contributed by atoms with Crippen LogP contribution < -0.4 is 4.74 Å². The Morgan fingerprint density at radius 3 is 2.89 bits per heavy atom. The smallest absolute Gasteiger partial charge is 0.422 e. The lowest BCUT2D eigenvalue weighted by atomic mass is 10.2. The van der Waals surface area contributed by atoms with Gasteiger partial charge >= 0.3 is 6.18 Å². The summed E-state index contributed by atoms with van der Waals surface area (Å²) in [6.45, 7) is -1.44. The molecule has 0 saturated heterocycles. The molecule has 0 amide bonds. The molecule has 2 rings (SSSR count). The minimum Gasteiger partial charge on any atom is -0.466 e. The fourth-order valence-electron chi connectivity index (χ4n) is 1.23. The number of hydrogen-bond donors (Lipinski definition) is 1. The summed E-state index contributed by atoms with van der Waals surface area (Å²) in [5.74, 6) is -0.243. The van der Waals surface area contributed by atoms with Crippen molar-refractivity contribution in [3.05, 3.63) is 29.5 Å². The second-order valence-corrected chi connectivity index (χ2v) is 3.67. The second-order valence-electron chi connectivity index (χ2n) is 3.27. The number of aromatic amines is 1. The van der Waals surface area contributed by atoms with Crippen LogP contribution in [-0.2, 0) is 0 Å². The molecule has 0 unspecified atom stereocenters. The second kappa shape index (κ2) is 4.85. The third-order valence-corrected chi connectivity index (χ3v) is 2.23. The molecule has 0 saturated carbocycles. The van der Waals surface area contributed by atoms with Crippen LogP contribution in [0.25, 0.3) is 11.3 Å². The average Bonchev–Trinajstić information content (AvgIpc) is 2.74. The first-order chi connectivity index (χ1) is 8.47. The van der Waals surface area contributed by atoms with Crippen molar-refractivity contribution >= 4 is 11.6 Å². The number of hydrogen-bond acceptors (Lipinski definition) is 3. The molecule has 1 N–H and O–H groups in total. The van der Waals surface area contributed by atoms with Gasteiger partial charge in [0, 0.05) is 6.20 Å². The van der Waals surface area contributed by atoms with E-state index in [0.29, 0.717) is 0 Å². The van der Waals surface area contributed by atoms with Gasteiger partial charge in [0.25, 0.3) is 0 Å². The highest BCUT2D eigenvalue weighted by Crippen LogP contribution is 2.31. The van der Waals surface area contributed by atoms with E-state index in [9.17, 15) is 13.2 Å². The highest BCUT2D eigenvalue weighted by Gasteiger charge is 2.29. The van der Waals surface area contributed by atoms with Gasteiger partial charge in [0.1, 0.15) is 0 Å². The predicted octanol–water partition coefficient (Wildman–Crippen LogP) is 2.87. The number of pyridine rings is 1. The molecule has 8 heteroatoms. The van der Waals surface area contributed by atoms with E-state index in [2.05, 4.69) is 26.1 Å². The van der Waals surface area contributed by atoms with Gasteiger partial charge in [0.2, 0.25) is 5.88 Å². The Bertz CT molecular complexity index is 541. The van der Waals surface area contributed by atoms with Crippen molar-refractivity contribution in [2.45, 2.75) is 6.18 Å². The Hall–Kier alpha value is -1.76. The maximum atomic E-state index is 12.0. The van der Waals surface area contributed by atoms with Gasteiger partial charge in [-0.3, -0.25) is 10.1 Å². The number of alkyl halides is 3. The van der Waals surface area contributed by atoms with E-state index < -0.39 is 12.8 Å². The molecular formula is C10H6ClF3N3O. The Kier molecular flexibility index (Phi) is 3.42. The first-order valence-electron chi connectivity index (χ1n) is 4.74. The molecule has 0 atom stereocenters. The third-order valence-electron chi connectivity index (χ3n) is 1.92. The van der Waals surface area contributed by atoms with E-state index in [1.54, 1.807) is 12.1 Å². The molecular weight excluding hydrogens is 271 g/mol. The van der Waals surface area contributed by atoms with Crippen molar-refractivity contribution in [3.8, 4) is 17.1 Å². The molecule has 18 heavy (non-hydrogen) atoms. The molecule has 0 bridgehead atoms. The molecule has 0 aliphatic rings. The van der Waals surface area contributed by atoms with Crippen LogP contribution in [0.3, 0.4) is 0 Å². The van der Waals surface area contributed by atoms with Crippen molar-refractivity contribution in [2.75, 3.05) is 6.61 Å². The van der Waals surface area contributed by atoms with Crippen LogP contribution in [0, 0.1) is 6.20 Å². The van der Waals surface area contributed by atoms with Gasteiger partial charge in [-0.25, -0.2) is 0 Å². The lowest BCUT2D eigenvalue weighted by Crippen LogP contribution is -2.19. The van der Waals surface area contributed by atoms with Crippen LogP contribution in [0.1, 0.15) is 0 Å². The summed E-state index contributed by atoms with van der Waals surface area (Å²) in [5, 5.41) is 6.10. The summed E-state index contributed by atoms with van der Waals surface area (Å²) in [6, 6.07) is 3.15. The molecule has 0 aliphatic carbocycles. The van der Waals surface area contributed by atoms with Gasteiger partial charge in [0.05, 0.1) is 22.5 Å². The molecule has 2 aromatic rings. The van der Waals surface area contributed by atoms with E-state index in [1.165, 1.54) is 6.20 Å². The van der Waals surface area contributed by atoms with E-state index in [4.69, 9.17) is 11.6 Å². The molecule has 1 radical (unpaired) electrons. The maximum Gasteiger partial charge on any atom is 0.422 e. The van der Waals surface area contributed by atoms with Crippen LogP contribution in [0.5, 0.6) is 5.88 Å². The summed E-state index contributed by atoms with van der Waals surface area (Å²) in [7, 11) is 0. The number of nitrogens with zero attached hydrogens (tertiary/aromatic N) is 2. The van der Waals surface area contributed by atoms with Crippen LogP contribution in [0.2, 0.25) is 5.02 Å². The lowest BCUT2D eigenvalue weighted by Gasteiger charge is -2.08. The van der Waals surface area contributed by atoms with Crippen molar-refractivity contribution in [1.82, 2.24) is 15.2 Å². The van der Waals surface area contributed by atoms with E-state index >= 15 is 0 Å². The maximum absolute atomic E-state index is 12.0. The van der Waals surface area contributed by atoms with Crippen LogP contribution in [-0.4, -0.2) is 28.0 Å². The number of rotatable bonds is 3. The first kappa shape index (κ1) is 12.7. The van der Waals surface area contributed by atoms with Crippen molar-refractivity contribution in [1.29, 1.82) is 0 Å². The van der Waals surface area contributed by atoms with Gasteiger partial charge in [-0.05, 0) is 12.1 Å². The zero-order chi connectivity index (χ0) is 13.2. The van der Waals surface area contributed by atoms with Gasteiger partial charge < -0.3 is 4.74 Å². The van der Waals surface area contributed by atoms with Crippen LogP contribution in [0.15, 0.2) is 18.3 Å². The topological polar surface area (TPSA) is 50.8 Å². The van der Waals surface area contributed by atoms with Crippen LogP contribution >= 0.6 is 11.6 Å². The summed E-state index contributed by atoms with van der Waals surface area (Å²) in [4.78, 5) is 3.94. The van der Waals surface area contributed by atoms with Gasteiger partial charge in [-0.2, -0.15) is 13.2 Å². The monoisotopic (exact) mass is 276 g/mol. The first-order valence-corrected chi connectivity index (χ1v) is 5.11. The predicted molar refractivity (Wildman–Crippen MR) is 57.2 cm³/mol. The van der Waals surface area contributed by atoms with Crippen molar-refractivity contribution < 1.29 is 17.9 Å². The van der Waals surface area contributed by atoms with Crippen molar-refractivity contribution in [3.63, 3.8) is 0 Å². The minimum atomic E-state index is -4.44. The molecule has 0 spiro atoms. The third kappa shape index (κ3) is 2.92.